The van der Waals surface area contributed by atoms with E-state index in [9.17, 15) is 0 Å². The summed E-state index contributed by atoms with van der Waals surface area (Å²) in [4.78, 5) is 6.76. The van der Waals surface area contributed by atoms with E-state index >= 15 is 0 Å². The van der Waals surface area contributed by atoms with Gasteiger partial charge in [-0.3, -0.25) is 4.99 Å². The molecule has 1 heterocycles. The number of hydrogen-bond acceptors (Lipinski definition) is 4. The number of ether oxygens (including phenoxy) is 1. The van der Waals surface area contributed by atoms with E-state index in [-0.39, 0.29) is 5.54 Å². The summed E-state index contributed by atoms with van der Waals surface area (Å²) in [7, 11) is 1.73. The van der Waals surface area contributed by atoms with Gasteiger partial charge >= 0.3 is 0 Å². The summed E-state index contributed by atoms with van der Waals surface area (Å²) in [6.07, 6.45) is 3.48. The molecule has 0 radical (unpaired) electrons. The minimum Gasteiger partial charge on any atom is -0.383 e. The Morgan fingerprint density at radius 1 is 1.42 bits per heavy atom. The monoisotopic (exact) mass is 259 g/mol. The number of guanidine groups is 1. The first-order valence-corrected chi connectivity index (χ1v) is 6.93. The molecule has 0 saturated heterocycles. The van der Waals surface area contributed by atoms with Gasteiger partial charge in [-0.25, -0.2) is 0 Å². The molecule has 1 atom stereocenters. The summed E-state index contributed by atoms with van der Waals surface area (Å²) in [6, 6.07) is 8.72. The first-order valence-electron chi connectivity index (χ1n) is 6.93. The highest BCUT2D eigenvalue weighted by atomic mass is 16.5. The van der Waals surface area contributed by atoms with E-state index in [0.29, 0.717) is 12.6 Å². The van der Waals surface area contributed by atoms with E-state index in [4.69, 9.17) is 10.5 Å². The molecular formula is C15H21N3O. The molecule has 0 bridgehead atoms. The maximum atomic E-state index is 6.10. The molecule has 3 rings (SSSR count). The van der Waals surface area contributed by atoms with E-state index in [1.807, 2.05) is 0 Å². The van der Waals surface area contributed by atoms with Gasteiger partial charge in [0.15, 0.2) is 5.96 Å². The summed E-state index contributed by atoms with van der Waals surface area (Å²) >= 11 is 0. The molecule has 0 fully saturated rings. The highest BCUT2D eigenvalue weighted by Gasteiger charge is 2.45. The third-order valence-electron chi connectivity index (χ3n) is 4.37. The number of aliphatic imine (C=N–C) groups is 1. The van der Waals surface area contributed by atoms with Crippen LogP contribution < -0.4 is 5.73 Å². The van der Waals surface area contributed by atoms with Gasteiger partial charge in [-0.1, -0.05) is 24.3 Å². The number of fused-ring (bicyclic) bond motifs is 2. The molecule has 1 aliphatic carbocycles. The molecule has 19 heavy (non-hydrogen) atoms. The van der Waals surface area contributed by atoms with Crippen LogP contribution in [-0.4, -0.2) is 37.7 Å². The molecule has 0 saturated carbocycles. The largest absolute Gasteiger partial charge is 0.383 e. The first kappa shape index (κ1) is 12.5. The molecule has 1 aromatic rings. The third kappa shape index (κ3) is 1.91. The van der Waals surface area contributed by atoms with Crippen LogP contribution in [0.2, 0.25) is 0 Å². The molecule has 0 amide bonds. The zero-order valence-corrected chi connectivity index (χ0v) is 11.4. The van der Waals surface area contributed by atoms with Gasteiger partial charge in [0, 0.05) is 13.7 Å². The normalized spacial score (nSPS) is 25.5. The van der Waals surface area contributed by atoms with E-state index in [1.54, 1.807) is 7.11 Å². The van der Waals surface area contributed by atoms with Crippen LogP contribution in [0.3, 0.4) is 0 Å². The lowest BCUT2D eigenvalue weighted by atomic mass is 9.76. The molecule has 2 aliphatic rings. The topological polar surface area (TPSA) is 50.9 Å². The Labute approximate surface area is 114 Å². The van der Waals surface area contributed by atoms with E-state index in [1.165, 1.54) is 17.5 Å². The Bertz CT molecular complexity index is 500. The Morgan fingerprint density at radius 2 is 2.26 bits per heavy atom. The molecular weight excluding hydrogens is 238 g/mol. The standard InChI is InChI=1S/C15H21N3O/c1-19-10-9-18-14(16)17-11-15(18)8-4-6-12-5-2-3-7-13(12)15/h2-3,5,7H,4,6,8-11H2,1H3,(H2,16,17). The number of benzene rings is 1. The number of hydrogen-bond donors (Lipinski definition) is 1. The highest BCUT2D eigenvalue weighted by molar-refractivity contribution is 5.81. The molecule has 4 nitrogen and oxygen atoms in total. The zero-order valence-electron chi connectivity index (χ0n) is 11.4. The van der Waals surface area contributed by atoms with Gasteiger partial charge in [-0.15, -0.1) is 0 Å². The van der Waals surface area contributed by atoms with Gasteiger partial charge in [-0.2, -0.15) is 0 Å². The van der Waals surface area contributed by atoms with E-state index in [0.717, 1.165) is 25.9 Å². The van der Waals surface area contributed by atoms with Crippen LogP contribution in [0.5, 0.6) is 0 Å². The maximum Gasteiger partial charge on any atom is 0.192 e. The van der Waals surface area contributed by atoms with E-state index in [2.05, 4.69) is 34.2 Å². The SMILES string of the molecule is COCCN1C(N)=NCC12CCCc1ccccc12. The van der Waals surface area contributed by atoms with Gasteiger partial charge < -0.3 is 15.4 Å². The van der Waals surface area contributed by atoms with Crippen molar-refractivity contribution in [2.45, 2.75) is 24.8 Å². The molecule has 1 spiro atoms. The van der Waals surface area contributed by atoms with Crippen LogP contribution in [-0.2, 0) is 16.7 Å². The van der Waals surface area contributed by atoms with Crippen molar-refractivity contribution < 1.29 is 4.74 Å². The van der Waals surface area contributed by atoms with Crippen molar-refractivity contribution in [3.05, 3.63) is 35.4 Å². The van der Waals surface area contributed by atoms with Crippen LogP contribution in [0.25, 0.3) is 0 Å². The van der Waals surface area contributed by atoms with Crippen molar-refractivity contribution >= 4 is 5.96 Å². The van der Waals surface area contributed by atoms with Gasteiger partial charge in [0.2, 0.25) is 0 Å². The molecule has 4 heteroatoms. The van der Waals surface area contributed by atoms with Crippen molar-refractivity contribution in [3.63, 3.8) is 0 Å². The number of rotatable bonds is 3. The van der Waals surface area contributed by atoms with Gasteiger partial charge in [0.1, 0.15) is 0 Å². The molecule has 1 aliphatic heterocycles. The number of nitrogens with zero attached hydrogens (tertiary/aromatic N) is 2. The fourth-order valence-electron chi connectivity index (χ4n) is 3.46. The van der Waals surface area contributed by atoms with Crippen LogP contribution >= 0.6 is 0 Å². The second-order valence-electron chi connectivity index (χ2n) is 5.36. The summed E-state index contributed by atoms with van der Waals surface area (Å²) in [5, 5.41) is 0. The van der Waals surface area contributed by atoms with Crippen LogP contribution in [0.4, 0.5) is 0 Å². The summed E-state index contributed by atoms with van der Waals surface area (Å²) in [5.74, 6) is 0.661. The molecule has 1 unspecified atom stereocenters. The fourth-order valence-corrected chi connectivity index (χ4v) is 3.46. The highest BCUT2D eigenvalue weighted by Crippen LogP contribution is 2.42. The van der Waals surface area contributed by atoms with Gasteiger partial charge in [0.05, 0.1) is 18.7 Å². The van der Waals surface area contributed by atoms with Gasteiger partial charge in [-0.05, 0) is 30.4 Å². The summed E-state index contributed by atoms with van der Waals surface area (Å²) < 4.78 is 5.22. The Kier molecular flexibility index (Phi) is 3.19. The van der Waals surface area contributed by atoms with Crippen molar-refractivity contribution in [2.75, 3.05) is 26.8 Å². The minimum atomic E-state index is -0.0303. The average molecular weight is 259 g/mol. The smallest absolute Gasteiger partial charge is 0.192 e. The number of aryl methyl sites for hydroxylation is 1. The lowest BCUT2D eigenvalue weighted by Crippen LogP contribution is -2.52. The summed E-state index contributed by atoms with van der Waals surface area (Å²) in [5.41, 5.74) is 8.92. The quantitative estimate of drug-likeness (QED) is 0.895. The van der Waals surface area contributed by atoms with Crippen molar-refractivity contribution in [1.82, 2.24) is 4.90 Å². The van der Waals surface area contributed by atoms with Crippen molar-refractivity contribution in [2.24, 2.45) is 10.7 Å². The average Bonchev–Trinajstić information content (AvgIpc) is 2.75. The first-order chi connectivity index (χ1) is 9.28. The predicted molar refractivity (Wildman–Crippen MR) is 76.1 cm³/mol. The molecule has 2 N–H and O–H groups in total. The molecule has 0 aromatic heterocycles. The predicted octanol–water partition coefficient (Wildman–Crippen LogP) is 1.49. The zero-order chi connectivity index (χ0) is 13.3. The maximum absolute atomic E-state index is 6.10. The van der Waals surface area contributed by atoms with Crippen LogP contribution in [0, 0.1) is 0 Å². The number of methoxy groups -OCH3 is 1. The fraction of sp³-hybridized carbons (Fsp3) is 0.533. The molecule has 102 valence electrons. The minimum absolute atomic E-state index is 0.0303. The van der Waals surface area contributed by atoms with Crippen LogP contribution in [0.1, 0.15) is 24.0 Å². The Balaban J connectivity index is 1.99. The lowest BCUT2D eigenvalue weighted by Gasteiger charge is -2.43. The second kappa shape index (κ2) is 4.85. The van der Waals surface area contributed by atoms with Crippen molar-refractivity contribution in [1.29, 1.82) is 0 Å². The van der Waals surface area contributed by atoms with E-state index < -0.39 is 0 Å². The van der Waals surface area contributed by atoms with Crippen molar-refractivity contribution in [3.8, 4) is 0 Å². The number of nitrogens with two attached hydrogens (primary N) is 1. The van der Waals surface area contributed by atoms with Crippen LogP contribution in [0.15, 0.2) is 29.3 Å². The third-order valence-corrected chi connectivity index (χ3v) is 4.37. The summed E-state index contributed by atoms with van der Waals surface area (Å²) in [6.45, 7) is 2.26. The second-order valence-corrected chi connectivity index (χ2v) is 5.36. The van der Waals surface area contributed by atoms with Gasteiger partial charge in [0.25, 0.3) is 0 Å². The Morgan fingerprint density at radius 3 is 3.11 bits per heavy atom. The molecule has 1 aromatic carbocycles. The Hall–Kier alpha value is -1.55. The lowest BCUT2D eigenvalue weighted by molar-refractivity contribution is 0.116.